The molecule has 3 rings (SSSR count). The van der Waals surface area contributed by atoms with E-state index in [4.69, 9.17) is 0 Å². The lowest BCUT2D eigenvalue weighted by atomic mass is 9.99. The van der Waals surface area contributed by atoms with Crippen LogP contribution in [0.25, 0.3) is 21.5 Å². The maximum absolute atomic E-state index is 13.4. The van der Waals surface area contributed by atoms with E-state index in [-0.39, 0.29) is 42.3 Å². The number of nitrogens with zero attached hydrogens (tertiary/aromatic N) is 2. The van der Waals surface area contributed by atoms with Crippen LogP contribution in [0.5, 0.6) is 0 Å². The van der Waals surface area contributed by atoms with Crippen LogP contribution < -0.4 is 22.2 Å². The van der Waals surface area contributed by atoms with Crippen LogP contribution in [0.4, 0.5) is 0 Å². The first kappa shape index (κ1) is 27.1. The van der Waals surface area contributed by atoms with E-state index in [1.165, 1.54) is 9.13 Å². The Morgan fingerprint density at radius 3 is 1.12 bits per heavy atom. The minimum atomic E-state index is -0.404. The molecular weight excluding hydrogens is 564 g/mol. The molecule has 0 aliphatic heterocycles. The molecule has 0 aliphatic rings. The molecule has 0 amide bonds. The van der Waals surface area contributed by atoms with Gasteiger partial charge in [-0.3, -0.25) is 28.3 Å². The molecule has 2 unspecified atom stereocenters. The fourth-order valence-corrected chi connectivity index (χ4v) is 6.37. The standard InChI is InChI=1S/C26H34Br2N2O4/c1-5-9-11-15(7-3)13-29-23(31)17-18(24(29)32)22(28)20-19(21(17)27)25(33)30(26(20)34)14-16(8-4)12-10-6-2/h15-16H,5-14H2,1-4H3. The summed E-state index contributed by atoms with van der Waals surface area (Å²) in [5.74, 6) is 0.443. The molecule has 34 heavy (non-hydrogen) atoms. The van der Waals surface area contributed by atoms with Gasteiger partial charge in [-0.05, 0) is 56.5 Å². The van der Waals surface area contributed by atoms with Crippen molar-refractivity contribution in [1.82, 2.24) is 9.13 Å². The minimum absolute atomic E-state index is 0.182. The van der Waals surface area contributed by atoms with Gasteiger partial charge in [0.05, 0.1) is 21.5 Å². The van der Waals surface area contributed by atoms with E-state index in [0.29, 0.717) is 13.1 Å². The summed E-state index contributed by atoms with van der Waals surface area (Å²) in [6, 6.07) is 0. The van der Waals surface area contributed by atoms with E-state index in [2.05, 4.69) is 59.6 Å². The molecule has 0 fully saturated rings. The minimum Gasteiger partial charge on any atom is -0.274 e. The van der Waals surface area contributed by atoms with Crippen LogP contribution in [0.2, 0.25) is 0 Å². The van der Waals surface area contributed by atoms with Crippen molar-refractivity contribution in [2.75, 3.05) is 0 Å². The number of hydrogen-bond acceptors (Lipinski definition) is 4. The van der Waals surface area contributed by atoms with Gasteiger partial charge in [0.2, 0.25) is 0 Å². The summed E-state index contributed by atoms with van der Waals surface area (Å²) in [7, 11) is 0. The predicted octanol–water partition coefficient (Wildman–Crippen LogP) is 5.87. The zero-order valence-electron chi connectivity index (χ0n) is 20.5. The van der Waals surface area contributed by atoms with Gasteiger partial charge in [0.25, 0.3) is 22.2 Å². The van der Waals surface area contributed by atoms with E-state index < -0.39 is 22.2 Å². The SMILES string of the molecule is CCCCC(CC)Cn1c(=O)c2c(Br)c3c(=O)n(CC(CC)CCCC)c(=O)c3c(Br)c2c1=O. The first-order chi connectivity index (χ1) is 16.2. The van der Waals surface area contributed by atoms with Crippen molar-refractivity contribution in [3.05, 3.63) is 50.4 Å². The number of unbranched alkanes of at least 4 members (excludes halogenated alkanes) is 2. The Kier molecular flexibility index (Phi) is 9.12. The summed E-state index contributed by atoms with van der Waals surface area (Å²) in [5.41, 5.74) is -1.62. The van der Waals surface area contributed by atoms with Crippen LogP contribution in [0, 0.1) is 11.8 Å². The third-order valence-corrected chi connectivity index (χ3v) is 8.77. The van der Waals surface area contributed by atoms with Crippen molar-refractivity contribution in [2.24, 2.45) is 11.8 Å². The molecule has 186 valence electrons. The molecule has 8 heteroatoms. The molecule has 0 saturated heterocycles. The van der Waals surface area contributed by atoms with E-state index in [1.807, 2.05) is 0 Å². The first-order valence-corrected chi connectivity index (χ1v) is 14.1. The maximum Gasteiger partial charge on any atom is 0.262 e. The van der Waals surface area contributed by atoms with Gasteiger partial charge in [-0.1, -0.05) is 66.2 Å². The fraction of sp³-hybridized carbons (Fsp3) is 0.615. The molecule has 0 aliphatic carbocycles. The number of rotatable bonds is 12. The second-order valence-electron chi connectivity index (χ2n) is 9.40. The quantitative estimate of drug-likeness (QED) is 0.261. The Labute approximate surface area is 216 Å². The second kappa shape index (κ2) is 11.5. The lowest BCUT2D eigenvalue weighted by Crippen LogP contribution is -2.29. The molecule has 6 nitrogen and oxygen atoms in total. The van der Waals surface area contributed by atoms with Crippen LogP contribution in [-0.2, 0) is 13.1 Å². The van der Waals surface area contributed by atoms with Crippen molar-refractivity contribution < 1.29 is 0 Å². The highest BCUT2D eigenvalue weighted by Gasteiger charge is 2.28. The first-order valence-electron chi connectivity index (χ1n) is 12.5. The van der Waals surface area contributed by atoms with Crippen molar-refractivity contribution in [3.8, 4) is 0 Å². The molecule has 3 aromatic rings. The van der Waals surface area contributed by atoms with Gasteiger partial charge >= 0.3 is 0 Å². The summed E-state index contributed by atoms with van der Waals surface area (Å²) in [6.45, 7) is 9.05. The lowest BCUT2D eigenvalue weighted by Gasteiger charge is -2.14. The van der Waals surface area contributed by atoms with Crippen LogP contribution >= 0.6 is 31.9 Å². The highest BCUT2D eigenvalue weighted by Crippen LogP contribution is 2.34. The largest absolute Gasteiger partial charge is 0.274 e. The molecule has 0 N–H and O–H groups in total. The summed E-state index contributed by atoms with van der Waals surface area (Å²) in [6.07, 6.45) is 7.83. The van der Waals surface area contributed by atoms with Crippen LogP contribution in [0.15, 0.2) is 28.1 Å². The van der Waals surface area contributed by atoms with E-state index in [9.17, 15) is 19.2 Å². The van der Waals surface area contributed by atoms with Crippen molar-refractivity contribution >= 4 is 53.4 Å². The Bertz CT molecular complexity index is 1190. The predicted molar refractivity (Wildman–Crippen MR) is 147 cm³/mol. The fourth-order valence-electron chi connectivity index (χ4n) is 4.90. The highest BCUT2D eigenvalue weighted by atomic mass is 79.9. The highest BCUT2D eigenvalue weighted by molar-refractivity contribution is 9.11. The summed E-state index contributed by atoms with van der Waals surface area (Å²) >= 11 is 6.88. The number of benzene rings is 1. The van der Waals surface area contributed by atoms with Gasteiger partial charge in [0.1, 0.15) is 0 Å². The molecule has 0 spiro atoms. The molecule has 2 aromatic heterocycles. The van der Waals surface area contributed by atoms with Crippen molar-refractivity contribution in [3.63, 3.8) is 0 Å². The molecule has 1 aromatic carbocycles. The van der Waals surface area contributed by atoms with E-state index in [1.54, 1.807) is 0 Å². The normalized spacial score (nSPS) is 13.8. The van der Waals surface area contributed by atoms with Gasteiger partial charge in [0.15, 0.2) is 0 Å². The lowest BCUT2D eigenvalue weighted by molar-refractivity contribution is 0.383. The van der Waals surface area contributed by atoms with Crippen molar-refractivity contribution in [2.45, 2.75) is 92.2 Å². The average Bonchev–Trinajstić information content (AvgIpc) is 3.22. The number of halogens is 2. The van der Waals surface area contributed by atoms with Gasteiger partial charge in [-0.25, -0.2) is 0 Å². The monoisotopic (exact) mass is 596 g/mol. The topological polar surface area (TPSA) is 78.1 Å². The molecule has 0 bridgehead atoms. The van der Waals surface area contributed by atoms with Crippen LogP contribution in [0.1, 0.15) is 79.1 Å². The zero-order chi connectivity index (χ0) is 25.2. The third kappa shape index (κ3) is 4.77. The molecular formula is C26H34Br2N2O4. The van der Waals surface area contributed by atoms with Gasteiger partial charge in [0, 0.05) is 22.0 Å². The Morgan fingerprint density at radius 2 is 0.882 bits per heavy atom. The number of hydrogen-bond donors (Lipinski definition) is 0. The summed E-state index contributed by atoms with van der Waals surface area (Å²) in [4.78, 5) is 53.4. The Morgan fingerprint density at radius 1 is 0.588 bits per heavy atom. The van der Waals surface area contributed by atoms with Crippen molar-refractivity contribution in [1.29, 1.82) is 0 Å². The smallest absolute Gasteiger partial charge is 0.262 e. The van der Waals surface area contributed by atoms with E-state index >= 15 is 0 Å². The zero-order valence-corrected chi connectivity index (χ0v) is 23.7. The second-order valence-corrected chi connectivity index (χ2v) is 11.0. The Balaban J connectivity index is 2.22. The molecule has 2 heterocycles. The van der Waals surface area contributed by atoms with Crippen LogP contribution in [0.3, 0.4) is 0 Å². The number of fused-ring (bicyclic) bond motifs is 2. The third-order valence-electron chi connectivity index (χ3n) is 7.18. The van der Waals surface area contributed by atoms with Gasteiger partial charge in [-0.2, -0.15) is 0 Å². The van der Waals surface area contributed by atoms with E-state index in [0.717, 1.165) is 51.4 Å². The summed E-state index contributed by atoms with van der Waals surface area (Å²) < 4.78 is 3.07. The number of aromatic nitrogens is 2. The molecule has 0 radical (unpaired) electrons. The maximum atomic E-state index is 13.4. The Hall–Kier alpha value is -1.54. The van der Waals surface area contributed by atoms with Crippen LogP contribution in [-0.4, -0.2) is 9.13 Å². The van der Waals surface area contributed by atoms with Gasteiger partial charge < -0.3 is 0 Å². The average molecular weight is 598 g/mol. The summed E-state index contributed by atoms with van der Waals surface area (Å²) in [5, 5.41) is 0.730. The molecule has 0 saturated carbocycles. The molecule has 2 atom stereocenters. The van der Waals surface area contributed by atoms with Gasteiger partial charge in [-0.15, -0.1) is 0 Å².